The molecule has 0 bridgehead atoms. The molecule has 1 saturated heterocycles. The Bertz CT molecular complexity index is 1860. The number of benzene rings is 2. The van der Waals surface area contributed by atoms with Gasteiger partial charge in [0.05, 0.1) is 11.9 Å². The zero-order valence-corrected chi connectivity index (χ0v) is 24.8. The Hall–Kier alpha value is -5.15. The van der Waals surface area contributed by atoms with Crippen LogP contribution in [0.1, 0.15) is 34.5 Å². The molecule has 0 aliphatic carbocycles. The number of carbonyl (C=O) groups excluding carboxylic acids is 1. The molecule has 44 heavy (non-hydrogen) atoms. The number of nitrogens with two attached hydrogens (primary N) is 1. The SMILES string of the molecule is Cc1ccc(-c2cn(CC3CCOCC3)cc(C(=O)Nc3ccc(-c4cc(-c5cnnc(C)c5)cnc4N)cc3)c2=O)cc1. The second-order valence-corrected chi connectivity index (χ2v) is 11.3. The Morgan fingerprint density at radius 3 is 2.32 bits per heavy atom. The van der Waals surface area contributed by atoms with Gasteiger partial charge in [-0.1, -0.05) is 42.0 Å². The monoisotopic (exact) mass is 586 g/mol. The van der Waals surface area contributed by atoms with E-state index in [1.807, 2.05) is 73.1 Å². The standard InChI is InChI=1S/C35H34N6O3/c1-22-3-5-26(6-4-22)31-20-41(19-24-11-13-44-14-12-24)21-32(33(31)42)35(43)39-29-9-7-25(8-10-29)30-16-28(17-37-34(30)36)27-15-23(2)40-38-18-27/h3-10,15-18,20-21,24H,11-14,19H2,1-2H3,(H2,36,37)(H,39,43). The number of ether oxygens (including phenoxy) is 1. The van der Waals surface area contributed by atoms with E-state index in [2.05, 4.69) is 20.5 Å². The topological polar surface area (TPSA) is 125 Å². The Balaban J connectivity index is 1.27. The highest BCUT2D eigenvalue weighted by molar-refractivity contribution is 6.04. The molecule has 1 fully saturated rings. The fraction of sp³-hybridized carbons (Fsp3) is 0.229. The van der Waals surface area contributed by atoms with E-state index in [1.54, 1.807) is 30.7 Å². The van der Waals surface area contributed by atoms with Crippen LogP contribution in [-0.4, -0.2) is 38.9 Å². The summed E-state index contributed by atoms with van der Waals surface area (Å²) in [4.78, 5) is 31.6. The molecule has 0 spiro atoms. The Kier molecular flexibility index (Phi) is 8.29. The van der Waals surface area contributed by atoms with E-state index in [-0.39, 0.29) is 11.0 Å². The minimum Gasteiger partial charge on any atom is -0.383 e. The molecule has 3 aromatic heterocycles. The molecule has 5 aromatic rings. The minimum absolute atomic E-state index is 0.0987. The van der Waals surface area contributed by atoms with E-state index in [9.17, 15) is 9.59 Å². The maximum absolute atomic E-state index is 13.7. The zero-order chi connectivity index (χ0) is 30.6. The molecule has 1 aliphatic heterocycles. The maximum atomic E-state index is 13.7. The number of aromatic nitrogens is 4. The van der Waals surface area contributed by atoms with E-state index >= 15 is 0 Å². The fourth-order valence-corrected chi connectivity index (χ4v) is 5.49. The average Bonchev–Trinajstić information content (AvgIpc) is 3.03. The van der Waals surface area contributed by atoms with E-state index in [4.69, 9.17) is 10.5 Å². The lowest BCUT2D eigenvalue weighted by molar-refractivity contribution is 0.0612. The maximum Gasteiger partial charge on any atom is 0.261 e. The first-order valence-corrected chi connectivity index (χ1v) is 14.7. The molecule has 4 heterocycles. The van der Waals surface area contributed by atoms with Crippen molar-refractivity contribution in [2.24, 2.45) is 5.92 Å². The van der Waals surface area contributed by atoms with Crippen LogP contribution in [0.2, 0.25) is 0 Å². The number of nitrogens with zero attached hydrogens (tertiary/aromatic N) is 4. The summed E-state index contributed by atoms with van der Waals surface area (Å²) in [6, 6.07) is 19.0. The first-order chi connectivity index (χ1) is 21.3. The van der Waals surface area contributed by atoms with Gasteiger partial charge < -0.3 is 20.4 Å². The van der Waals surface area contributed by atoms with Gasteiger partial charge in [-0.3, -0.25) is 9.59 Å². The van der Waals surface area contributed by atoms with E-state index in [0.29, 0.717) is 29.5 Å². The summed E-state index contributed by atoms with van der Waals surface area (Å²) in [5.74, 6) is 0.350. The van der Waals surface area contributed by atoms with Gasteiger partial charge in [0.15, 0.2) is 0 Å². The number of amides is 1. The van der Waals surface area contributed by atoms with Crippen LogP contribution in [0.3, 0.4) is 0 Å². The molecule has 1 amide bonds. The molecule has 9 nitrogen and oxygen atoms in total. The zero-order valence-electron chi connectivity index (χ0n) is 24.8. The summed E-state index contributed by atoms with van der Waals surface area (Å²) in [5, 5.41) is 11.0. The number of pyridine rings is 2. The summed E-state index contributed by atoms with van der Waals surface area (Å²) >= 11 is 0. The highest BCUT2D eigenvalue weighted by Crippen LogP contribution is 2.30. The van der Waals surface area contributed by atoms with Crippen LogP contribution in [0.4, 0.5) is 11.5 Å². The Labute approximate surface area is 255 Å². The van der Waals surface area contributed by atoms with Gasteiger partial charge >= 0.3 is 0 Å². The normalized spacial score (nSPS) is 13.5. The Morgan fingerprint density at radius 2 is 1.59 bits per heavy atom. The molecule has 2 aromatic carbocycles. The third-order valence-electron chi connectivity index (χ3n) is 7.98. The number of rotatable bonds is 7. The summed E-state index contributed by atoms with van der Waals surface area (Å²) in [7, 11) is 0. The van der Waals surface area contributed by atoms with Gasteiger partial charge in [-0.05, 0) is 68.0 Å². The third kappa shape index (κ3) is 6.43. The number of aryl methyl sites for hydroxylation is 2. The molecule has 1 aliphatic rings. The van der Waals surface area contributed by atoms with Gasteiger partial charge in [0.2, 0.25) is 5.43 Å². The predicted molar refractivity (Wildman–Crippen MR) is 172 cm³/mol. The minimum atomic E-state index is -0.457. The highest BCUT2D eigenvalue weighted by atomic mass is 16.5. The molecule has 0 atom stereocenters. The number of anilines is 2. The van der Waals surface area contributed by atoms with Crippen LogP contribution in [0, 0.1) is 19.8 Å². The summed E-state index contributed by atoms with van der Waals surface area (Å²) in [6.07, 6.45) is 8.83. The average molecular weight is 587 g/mol. The van der Waals surface area contributed by atoms with E-state index in [1.165, 1.54) is 0 Å². The van der Waals surface area contributed by atoms with Crippen molar-refractivity contribution in [1.29, 1.82) is 0 Å². The van der Waals surface area contributed by atoms with E-state index in [0.717, 1.165) is 65.1 Å². The summed E-state index contributed by atoms with van der Waals surface area (Å²) < 4.78 is 7.50. The van der Waals surface area contributed by atoms with Gasteiger partial charge in [-0.15, -0.1) is 0 Å². The van der Waals surface area contributed by atoms with Crippen molar-refractivity contribution < 1.29 is 9.53 Å². The first kappa shape index (κ1) is 28.9. The summed E-state index contributed by atoms with van der Waals surface area (Å²) in [5.41, 5.74) is 13.2. The van der Waals surface area contributed by atoms with Crippen LogP contribution >= 0.6 is 0 Å². The fourth-order valence-electron chi connectivity index (χ4n) is 5.49. The van der Waals surface area contributed by atoms with Gasteiger partial charge in [0.1, 0.15) is 11.4 Å². The van der Waals surface area contributed by atoms with Crippen LogP contribution < -0.4 is 16.5 Å². The van der Waals surface area contributed by atoms with Gasteiger partial charge in [-0.25, -0.2) is 4.98 Å². The van der Waals surface area contributed by atoms with Crippen molar-refractivity contribution >= 4 is 17.4 Å². The number of nitrogen functional groups attached to an aromatic ring is 1. The second-order valence-electron chi connectivity index (χ2n) is 11.3. The number of nitrogens with one attached hydrogen (secondary N) is 1. The summed E-state index contributed by atoms with van der Waals surface area (Å²) in [6.45, 7) is 6.05. The number of hydrogen-bond acceptors (Lipinski definition) is 7. The lowest BCUT2D eigenvalue weighted by Gasteiger charge is -2.23. The van der Waals surface area contributed by atoms with Crippen molar-refractivity contribution in [1.82, 2.24) is 19.7 Å². The molecular weight excluding hydrogens is 552 g/mol. The van der Waals surface area contributed by atoms with Crippen LogP contribution in [0.25, 0.3) is 33.4 Å². The van der Waals surface area contributed by atoms with E-state index < -0.39 is 5.91 Å². The van der Waals surface area contributed by atoms with Crippen molar-refractivity contribution in [3.05, 3.63) is 112 Å². The lowest BCUT2D eigenvalue weighted by Crippen LogP contribution is -2.26. The molecule has 222 valence electrons. The van der Waals surface area contributed by atoms with Crippen molar-refractivity contribution in [2.75, 3.05) is 24.3 Å². The van der Waals surface area contributed by atoms with Crippen molar-refractivity contribution in [2.45, 2.75) is 33.2 Å². The van der Waals surface area contributed by atoms with Crippen molar-refractivity contribution in [3.8, 4) is 33.4 Å². The van der Waals surface area contributed by atoms with Crippen LogP contribution in [-0.2, 0) is 11.3 Å². The third-order valence-corrected chi connectivity index (χ3v) is 7.98. The predicted octanol–water partition coefficient (Wildman–Crippen LogP) is 5.91. The molecule has 6 rings (SSSR count). The number of carbonyl (C=O) groups is 1. The molecule has 3 N–H and O–H groups in total. The van der Waals surface area contributed by atoms with Crippen LogP contribution in [0.5, 0.6) is 0 Å². The van der Waals surface area contributed by atoms with Crippen molar-refractivity contribution in [3.63, 3.8) is 0 Å². The van der Waals surface area contributed by atoms with Gasteiger partial charge in [-0.2, -0.15) is 10.2 Å². The molecular formula is C35H34N6O3. The number of hydrogen-bond donors (Lipinski definition) is 2. The molecule has 0 saturated carbocycles. The quantitative estimate of drug-likeness (QED) is 0.243. The molecule has 0 unspecified atom stereocenters. The first-order valence-electron chi connectivity index (χ1n) is 14.7. The smallest absolute Gasteiger partial charge is 0.261 e. The lowest BCUT2D eigenvalue weighted by atomic mass is 9.99. The van der Waals surface area contributed by atoms with Gasteiger partial charge in [0, 0.05) is 66.3 Å². The van der Waals surface area contributed by atoms with Crippen LogP contribution in [0.15, 0.2) is 90.2 Å². The second kappa shape index (κ2) is 12.6. The molecule has 0 radical (unpaired) electrons. The highest BCUT2D eigenvalue weighted by Gasteiger charge is 2.20. The molecule has 9 heteroatoms. The Morgan fingerprint density at radius 1 is 0.909 bits per heavy atom. The van der Waals surface area contributed by atoms with Gasteiger partial charge in [0.25, 0.3) is 5.91 Å². The largest absolute Gasteiger partial charge is 0.383 e.